The highest BCUT2D eigenvalue weighted by Crippen LogP contribution is 2.09. The quantitative estimate of drug-likeness (QED) is 0.679. The molecule has 0 heterocycles. The van der Waals surface area contributed by atoms with Crippen molar-refractivity contribution in [3.05, 3.63) is 29.8 Å². The van der Waals surface area contributed by atoms with Gasteiger partial charge in [0.1, 0.15) is 0 Å². The van der Waals surface area contributed by atoms with Crippen LogP contribution >= 0.6 is 0 Å². The van der Waals surface area contributed by atoms with E-state index in [0.29, 0.717) is 0 Å². The number of aryl methyl sites for hydroxylation is 1. The van der Waals surface area contributed by atoms with E-state index >= 15 is 0 Å². The topological polar surface area (TPSA) is 38.0 Å². The maximum absolute atomic E-state index is 5.42. The molecule has 0 atom stereocenters. The van der Waals surface area contributed by atoms with Gasteiger partial charge in [-0.25, -0.2) is 0 Å². The summed E-state index contributed by atoms with van der Waals surface area (Å²) in [5.74, 6) is 0. The SMILES string of the molecule is CCc1ccc(NCCCCN)cc1. The number of hydrogen-bond acceptors (Lipinski definition) is 2. The average molecular weight is 192 g/mol. The molecule has 78 valence electrons. The second-order valence-corrected chi connectivity index (χ2v) is 3.47. The normalized spacial score (nSPS) is 10.1. The van der Waals surface area contributed by atoms with Gasteiger partial charge in [0.05, 0.1) is 0 Å². The molecule has 1 rings (SSSR count). The Hall–Kier alpha value is -1.02. The number of benzene rings is 1. The van der Waals surface area contributed by atoms with Crippen molar-refractivity contribution in [3.63, 3.8) is 0 Å². The molecule has 2 nitrogen and oxygen atoms in total. The lowest BCUT2D eigenvalue weighted by molar-refractivity contribution is 0.774. The molecule has 3 N–H and O–H groups in total. The van der Waals surface area contributed by atoms with E-state index in [-0.39, 0.29) is 0 Å². The highest BCUT2D eigenvalue weighted by Gasteiger charge is 1.91. The summed E-state index contributed by atoms with van der Waals surface area (Å²) in [4.78, 5) is 0. The predicted molar refractivity (Wildman–Crippen MR) is 62.6 cm³/mol. The molecule has 1 aromatic rings. The van der Waals surface area contributed by atoms with Crippen LogP contribution in [0.5, 0.6) is 0 Å². The van der Waals surface area contributed by atoms with Gasteiger partial charge in [0.15, 0.2) is 0 Å². The number of unbranched alkanes of at least 4 members (excludes halogenated alkanes) is 1. The summed E-state index contributed by atoms with van der Waals surface area (Å²) < 4.78 is 0. The Balaban J connectivity index is 2.29. The molecular weight excluding hydrogens is 172 g/mol. The van der Waals surface area contributed by atoms with Crippen molar-refractivity contribution < 1.29 is 0 Å². The van der Waals surface area contributed by atoms with Crippen LogP contribution in [-0.4, -0.2) is 13.1 Å². The Morgan fingerprint density at radius 3 is 2.43 bits per heavy atom. The first kappa shape index (κ1) is 11.1. The largest absolute Gasteiger partial charge is 0.385 e. The van der Waals surface area contributed by atoms with E-state index in [4.69, 9.17) is 5.73 Å². The van der Waals surface area contributed by atoms with E-state index < -0.39 is 0 Å². The molecule has 0 fully saturated rings. The summed E-state index contributed by atoms with van der Waals surface area (Å²) in [6.07, 6.45) is 3.35. The second-order valence-electron chi connectivity index (χ2n) is 3.47. The summed E-state index contributed by atoms with van der Waals surface area (Å²) in [6, 6.07) is 8.62. The van der Waals surface area contributed by atoms with Gasteiger partial charge in [0, 0.05) is 12.2 Å². The van der Waals surface area contributed by atoms with Gasteiger partial charge in [0.25, 0.3) is 0 Å². The Labute approximate surface area is 86.5 Å². The molecule has 0 bridgehead atoms. The second kappa shape index (κ2) is 6.44. The van der Waals surface area contributed by atoms with Crippen molar-refractivity contribution in [3.8, 4) is 0 Å². The highest BCUT2D eigenvalue weighted by molar-refractivity contribution is 5.44. The zero-order valence-electron chi connectivity index (χ0n) is 8.92. The third-order valence-corrected chi connectivity index (χ3v) is 2.32. The minimum atomic E-state index is 0.788. The van der Waals surface area contributed by atoms with E-state index in [0.717, 1.165) is 32.4 Å². The van der Waals surface area contributed by atoms with Crippen molar-refractivity contribution in [1.82, 2.24) is 0 Å². The maximum Gasteiger partial charge on any atom is 0.0340 e. The molecule has 0 aliphatic rings. The fraction of sp³-hybridized carbons (Fsp3) is 0.500. The smallest absolute Gasteiger partial charge is 0.0340 e. The number of anilines is 1. The molecule has 2 heteroatoms. The van der Waals surface area contributed by atoms with Gasteiger partial charge < -0.3 is 11.1 Å². The van der Waals surface area contributed by atoms with Gasteiger partial charge in [-0.15, -0.1) is 0 Å². The van der Waals surface area contributed by atoms with Gasteiger partial charge in [-0.05, 0) is 43.5 Å². The van der Waals surface area contributed by atoms with Crippen molar-refractivity contribution >= 4 is 5.69 Å². The fourth-order valence-electron chi connectivity index (χ4n) is 1.36. The first-order valence-electron chi connectivity index (χ1n) is 5.39. The van der Waals surface area contributed by atoms with Crippen LogP contribution in [0.4, 0.5) is 5.69 Å². The molecule has 0 aromatic heterocycles. The highest BCUT2D eigenvalue weighted by atomic mass is 14.9. The van der Waals surface area contributed by atoms with Gasteiger partial charge in [0.2, 0.25) is 0 Å². The van der Waals surface area contributed by atoms with Crippen LogP contribution in [-0.2, 0) is 6.42 Å². The zero-order valence-corrected chi connectivity index (χ0v) is 8.92. The molecule has 0 aliphatic heterocycles. The predicted octanol–water partition coefficient (Wildman–Crippen LogP) is 2.40. The molecule has 0 saturated carbocycles. The Morgan fingerprint density at radius 1 is 1.14 bits per heavy atom. The third kappa shape index (κ3) is 3.79. The molecule has 0 saturated heterocycles. The monoisotopic (exact) mass is 192 g/mol. The van der Waals surface area contributed by atoms with Crippen LogP contribution in [0.2, 0.25) is 0 Å². The molecule has 0 amide bonds. The van der Waals surface area contributed by atoms with Crippen LogP contribution in [0.15, 0.2) is 24.3 Å². The lowest BCUT2D eigenvalue weighted by atomic mass is 10.1. The van der Waals surface area contributed by atoms with Crippen molar-refractivity contribution in [2.24, 2.45) is 5.73 Å². The van der Waals surface area contributed by atoms with Crippen LogP contribution in [0.3, 0.4) is 0 Å². The summed E-state index contributed by atoms with van der Waals surface area (Å²) in [6.45, 7) is 3.98. The minimum Gasteiger partial charge on any atom is -0.385 e. The van der Waals surface area contributed by atoms with Crippen molar-refractivity contribution in [1.29, 1.82) is 0 Å². The lowest BCUT2D eigenvalue weighted by Crippen LogP contribution is -2.05. The summed E-state index contributed by atoms with van der Waals surface area (Å²) in [5, 5.41) is 3.38. The van der Waals surface area contributed by atoms with Gasteiger partial charge in [-0.1, -0.05) is 19.1 Å². The number of rotatable bonds is 6. The standard InChI is InChI=1S/C12H20N2/c1-2-11-5-7-12(8-6-11)14-10-4-3-9-13/h5-8,14H,2-4,9-10,13H2,1H3. The molecule has 1 aromatic carbocycles. The van der Waals surface area contributed by atoms with E-state index in [1.807, 2.05) is 0 Å². The van der Waals surface area contributed by atoms with E-state index in [1.54, 1.807) is 0 Å². The Kier molecular flexibility index (Phi) is 5.08. The minimum absolute atomic E-state index is 0.788. The first-order valence-corrected chi connectivity index (χ1v) is 5.39. The fourth-order valence-corrected chi connectivity index (χ4v) is 1.36. The molecular formula is C12H20N2. The molecule has 0 unspecified atom stereocenters. The van der Waals surface area contributed by atoms with E-state index in [9.17, 15) is 0 Å². The Bertz CT molecular complexity index is 241. The van der Waals surface area contributed by atoms with Crippen LogP contribution in [0.1, 0.15) is 25.3 Å². The van der Waals surface area contributed by atoms with Crippen LogP contribution in [0, 0.1) is 0 Å². The van der Waals surface area contributed by atoms with Crippen LogP contribution < -0.4 is 11.1 Å². The Morgan fingerprint density at radius 2 is 1.86 bits per heavy atom. The summed E-state index contributed by atoms with van der Waals surface area (Å²) >= 11 is 0. The molecule has 0 spiro atoms. The molecule has 14 heavy (non-hydrogen) atoms. The average Bonchev–Trinajstić information content (AvgIpc) is 2.25. The van der Waals surface area contributed by atoms with Gasteiger partial charge >= 0.3 is 0 Å². The zero-order chi connectivity index (χ0) is 10.2. The first-order chi connectivity index (χ1) is 6.86. The van der Waals surface area contributed by atoms with E-state index in [2.05, 4.69) is 36.5 Å². The molecule has 0 aliphatic carbocycles. The number of nitrogens with two attached hydrogens (primary N) is 1. The summed E-state index contributed by atoms with van der Waals surface area (Å²) in [7, 11) is 0. The van der Waals surface area contributed by atoms with Crippen molar-refractivity contribution in [2.75, 3.05) is 18.4 Å². The maximum atomic E-state index is 5.42. The molecule has 0 radical (unpaired) electrons. The third-order valence-electron chi connectivity index (χ3n) is 2.32. The van der Waals surface area contributed by atoms with Crippen LogP contribution in [0.25, 0.3) is 0 Å². The van der Waals surface area contributed by atoms with E-state index in [1.165, 1.54) is 11.3 Å². The van der Waals surface area contributed by atoms with Gasteiger partial charge in [-0.3, -0.25) is 0 Å². The number of nitrogens with one attached hydrogen (secondary N) is 1. The van der Waals surface area contributed by atoms with Crippen molar-refractivity contribution in [2.45, 2.75) is 26.2 Å². The lowest BCUT2D eigenvalue weighted by Gasteiger charge is -2.06. The summed E-state index contributed by atoms with van der Waals surface area (Å²) in [5.41, 5.74) is 8.01. The van der Waals surface area contributed by atoms with Gasteiger partial charge in [-0.2, -0.15) is 0 Å². The number of hydrogen-bond donors (Lipinski definition) is 2.